The van der Waals surface area contributed by atoms with Crippen molar-refractivity contribution >= 4 is 11.6 Å². The molecule has 1 aliphatic rings. The molecular weight excluding hydrogens is 335 g/mol. The third-order valence-corrected chi connectivity index (χ3v) is 4.28. The van der Waals surface area contributed by atoms with Crippen LogP contribution >= 0.6 is 0 Å². The molecule has 1 aliphatic heterocycles. The molecule has 0 bridgehead atoms. The van der Waals surface area contributed by atoms with Crippen LogP contribution in [0.5, 0.6) is 5.75 Å². The Balaban J connectivity index is 1.70. The van der Waals surface area contributed by atoms with Crippen molar-refractivity contribution < 1.29 is 13.9 Å². The van der Waals surface area contributed by atoms with Crippen molar-refractivity contribution in [1.29, 1.82) is 0 Å². The Labute approximate surface area is 149 Å². The average molecular weight is 352 g/mol. The standard InChI is InChI=1S/C19H17FN4O2/c1-12-3-6-18-17(7-12)23(9-13(2)26-18)19(25)14-4-5-16(15(20)8-14)24-11-21-10-22-24/h3-8,10-11,13H,9H2,1-2H3. The predicted octanol–water partition coefficient (Wildman–Crippen LogP) is 3.14. The van der Waals surface area contributed by atoms with E-state index in [1.165, 1.54) is 29.5 Å². The highest BCUT2D eigenvalue weighted by molar-refractivity contribution is 6.07. The van der Waals surface area contributed by atoms with Crippen LogP contribution in [0.3, 0.4) is 0 Å². The fourth-order valence-corrected chi connectivity index (χ4v) is 3.05. The number of aromatic nitrogens is 3. The van der Waals surface area contributed by atoms with Gasteiger partial charge in [-0.05, 0) is 49.7 Å². The molecule has 1 amide bonds. The molecule has 4 rings (SSSR count). The summed E-state index contributed by atoms with van der Waals surface area (Å²) in [4.78, 5) is 18.5. The molecule has 7 heteroatoms. The number of ether oxygens (including phenoxy) is 1. The molecule has 0 radical (unpaired) electrons. The largest absolute Gasteiger partial charge is 0.487 e. The number of rotatable bonds is 2. The van der Waals surface area contributed by atoms with E-state index in [-0.39, 0.29) is 23.3 Å². The highest BCUT2D eigenvalue weighted by atomic mass is 19.1. The van der Waals surface area contributed by atoms with Crippen molar-refractivity contribution in [2.75, 3.05) is 11.4 Å². The Morgan fingerprint density at radius 3 is 2.81 bits per heavy atom. The van der Waals surface area contributed by atoms with Crippen molar-refractivity contribution in [3.63, 3.8) is 0 Å². The van der Waals surface area contributed by atoms with Crippen molar-refractivity contribution in [3.8, 4) is 11.4 Å². The molecule has 26 heavy (non-hydrogen) atoms. The topological polar surface area (TPSA) is 60.2 Å². The first-order valence-corrected chi connectivity index (χ1v) is 8.26. The molecule has 1 unspecified atom stereocenters. The highest BCUT2D eigenvalue weighted by Crippen LogP contribution is 2.35. The summed E-state index contributed by atoms with van der Waals surface area (Å²) in [5.74, 6) is -0.148. The van der Waals surface area contributed by atoms with Gasteiger partial charge in [0.1, 0.15) is 36.0 Å². The van der Waals surface area contributed by atoms with Crippen LogP contribution in [0.15, 0.2) is 49.1 Å². The van der Waals surface area contributed by atoms with Gasteiger partial charge in [-0.2, -0.15) is 5.10 Å². The maximum atomic E-state index is 14.5. The molecule has 0 fully saturated rings. The molecule has 3 aromatic rings. The molecule has 0 saturated heterocycles. The molecule has 0 N–H and O–H groups in total. The van der Waals surface area contributed by atoms with Crippen LogP contribution < -0.4 is 9.64 Å². The van der Waals surface area contributed by atoms with E-state index in [9.17, 15) is 9.18 Å². The maximum absolute atomic E-state index is 14.5. The van der Waals surface area contributed by atoms with Gasteiger partial charge in [-0.1, -0.05) is 6.07 Å². The Hall–Kier alpha value is -3.22. The lowest BCUT2D eigenvalue weighted by Crippen LogP contribution is -2.42. The normalized spacial score (nSPS) is 16.1. The minimum absolute atomic E-state index is 0.145. The summed E-state index contributed by atoms with van der Waals surface area (Å²) in [5.41, 5.74) is 2.24. The van der Waals surface area contributed by atoms with Gasteiger partial charge >= 0.3 is 0 Å². The third kappa shape index (κ3) is 2.81. The Bertz CT molecular complexity index is 972. The summed E-state index contributed by atoms with van der Waals surface area (Å²) in [6.07, 6.45) is 2.59. The summed E-state index contributed by atoms with van der Waals surface area (Å²) in [6, 6.07) is 10.0. The van der Waals surface area contributed by atoms with Crippen molar-refractivity contribution in [3.05, 3.63) is 66.0 Å². The molecule has 0 aliphatic carbocycles. The van der Waals surface area contributed by atoms with E-state index in [4.69, 9.17) is 4.74 Å². The molecule has 132 valence electrons. The lowest BCUT2D eigenvalue weighted by Gasteiger charge is -2.33. The van der Waals surface area contributed by atoms with Gasteiger partial charge in [0.05, 0.1) is 12.2 Å². The smallest absolute Gasteiger partial charge is 0.258 e. The quantitative estimate of drug-likeness (QED) is 0.711. The first-order chi connectivity index (χ1) is 12.5. The zero-order valence-corrected chi connectivity index (χ0v) is 14.4. The number of carbonyl (C=O) groups is 1. The first kappa shape index (κ1) is 16.3. The second kappa shape index (κ2) is 6.25. The maximum Gasteiger partial charge on any atom is 0.258 e. The SMILES string of the molecule is Cc1ccc2c(c1)N(C(=O)c1ccc(-n3cncn3)c(F)c1)CC(C)O2. The number of halogens is 1. The number of fused-ring (bicyclic) bond motifs is 1. The van der Waals surface area contributed by atoms with Crippen molar-refractivity contribution in [2.45, 2.75) is 20.0 Å². The van der Waals surface area contributed by atoms with Crippen molar-refractivity contribution in [1.82, 2.24) is 14.8 Å². The zero-order chi connectivity index (χ0) is 18.3. The van der Waals surface area contributed by atoms with E-state index in [0.717, 1.165) is 5.56 Å². The van der Waals surface area contributed by atoms with Gasteiger partial charge in [0, 0.05) is 5.56 Å². The first-order valence-electron chi connectivity index (χ1n) is 8.26. The number of carbonyl (C=O) groups excluding carboxylic acids is 1. The third-order valence-electron chi connectivity index (χ3n) is 4.28. The van der Waals surface area contributed by atoms with Gasteiger partial charge < -0.3 is 9.64 Å². The van der Waals surface area contributed by atoms with E-state index in [1.54, 1.807) is 11.0 Å². The van der Waals surface area contributed by atoms with Gasteiger partial charge in [0.15, 0.2) is 0 Å². The molecule has 2 aromatic carbocycles. The number of hydrogen-bond acceptors (Lipinski definition) is 4. The number of nitrogens with zero attached hydrogens (tertiary/aromatic N) is 4. The molecule has 6 nitrogen and oxygen atoms in total. The summed E-state index contributed by atoms with van der Waals surface area (Å²) in [6.45, 7) is 4.26. The minimum atomic E-state index is -0.535. The second-order valence-corrected chi connectivity index (χ2v) is 6.32. The minimum Gasteiger partial charge on any atom is -0.487 e. The zero-order valence-electron chi connectivity index (χ0n) is 14.4. The lowest BCUT2D eigenvalue weighted by atomic mass is 10.1. The highest BCUT2D eigenvalue weighted by Gasteiger charge is 2.29. The fourth-order valence-electron chi connectivity index (χ4n) is 3.05. The number of anilines is 1. The van der Waals surface area contributed by atoms with E-state index >= 15 is 0 Å². The van der Waals surface area contributed by atoms with E-state index in [2.05, 4.69) is 10.1 Å². The van der Waals surface area contributed by atoms with Crippen LogP contribution in [-0.2, 0) is 0 Å². The number of hydrogen-bond donors (Lipinski definition) is 0. The fraction of sp³-hybridized carbons (Fsp3) is 0.211. The Morgan fingerprint density at radius 1 is 1.23 bits per heavy atom. The average Bonchev–Trinajstić information content (AvgIpc) is 3.15. The van der Waals surface area contributed by atoms with E-state index in [1.807, 2.05) is 32.0 Å². The number of benzene rings is 2. The number of aryl methyl sites for hydroxylation is 1. The summed E-state index contributed by atoms with van der Waals surface area (Å²) < 4.78 is 21.6. The van der Waals surface area contributed by atoms with Crippen LogP contribution in [0.4, 0.5) is 10.1 Å². The van der Waals surface area contributed by atoms with Crippen LogP contribution in [-0.4, -0.2) is 33.3 Å². The van der Waals surface area contributed by atoms with Crippen LogP contribution in [0.2, 0.25) is 0 Å². The van der Waals surface area contributed by atoms with Gasteiger partial charge in [0.25, 0.3) is 5.91 Å². The summed E-state index contributed by atoms with van der Waals surface area (Å²) in [7, 11) is 0. The van der Waals surface area contributed by atoms with E-state index in [0.29, 0.717) is 18.0 Å². The van der Waals surface area contributed by atoms with E-state index < -0.39 is 5.82 Å². The Kier molecular flexibility index (Phi) is 3.91. The molecule has 1 atom stereocenters. The lowest BCUT2D eigenvalue weighted by molar-refractivity contribution is 0.0960. The van der Waals surface area contributed by atoms with Gasteiger partial charge in [0.2, 0.25) is 0 Å². The van der Waals surface area contributed by atoms with Gasteiger partial charge in [-0.15, -0.1) is 0 Å². The molecule has 2 heterocycles. The van der Waals surface area contributed by atoms with Gasteiger partial charge in [-0.25, -0.2) is 14.1 Å². The summed E-state index contributed by atoms with van der Waals surface area (Å²) >= 11 is 0. The van der Waals surface area contributed by atoms with Crippen LogP contribution in [0, 0.1) is 12.7 Å². The molecular formula is C19H17FN4O2. The molecule has 1 aromatic heterocycles. The second-order valence-electron chi connectivity index (χ2n) is 6.32. The monoisotopic (exact) mass is 352 g/mol. The van der Waals surface area contributed by atoms with Crippen LogP contribution in [0.1, 0.15) is 22.8 Å². The van der Waals surface area contributed by atoms with Crippen molar-refractivity contribution in [2.24, 2.45) is 0 Å². The summed E-state index contributed by atoms with van der Waals surface area (Å²) in [5, 5.41) is 3.91. The van der Waals surface area contributed by atoms with Crippen LogP contribution in [0.25, 0.3) is 5.69 Å². The molecule has 0 saturated carbocycles. The predicted molar refractivity (Wildman–Crippen MR) is 94.3 cm³/mol. The Morgan fingerprint density at radius 2 is 2.08 bits per heavy atom. The molecule has 0 spiro atoms. The van der Waals surface area contributed by atoms with Gasteiger partial charge in [-0.3, -0.25) is 4.79 Å². The number of amides is 1.